The number of carbonyl (C=O) groups is 1. The van der Waals surface area contributed by atoms with Crippen LogP contribution in [0.25, 0.3) is 5.65 Å². The topological polar surface area (TPSA) is 68.4 Å². The molecule has 6 nitrogen and oxygen atoms in total. The average molecular weight is 324 g/mol. The van der Waals surface area contributed by atoms with Crippen molar-refractivity contribution in [2.75, 3.05) is 5.32 Å². The Bertz CT molecular complexity index is 930. The van der Waals surface area contributed by atoms with E-state index in [9.17, 15) is 9.59 Å². The van der Waals surface area contributed by atoms with Crippen molar-refractivity contribution < 1.29 is 4.79 Å². The first-order valence-electron chi connectivity index (χ1n) is 7.79. The third-order valence-corrected chi connectivity index (χ3v) is 3.82. The number of rotatable bonds is 3. The summed E-state index contributed by atoms with van der Waals surface area (Å²) in [6.45, 7) is 6.28. The Morgan fingerprint density at radius 2 is 1.83 bits per heavy atom. The van der Waals surface area contributed by atoms with Crippen LogP contribution in [0.1, 0.15) is 26.3 Å². The van der Waals surface area contributed by atoms with E-state index in [4.69, 9.17) is 0 Å². The van der Waals surface area contributed by atoms with Gasteiger partial charge in [-0.3, -0.25) is 9.20 Å². The van der Waals surface area contributed by atoms with Crippen molar-refractivity contribution in [2.45, 2.75) is 32.7 Å². The minimum atomic E-state index is -0.330. The highest BCUT2D eigenvalue weighted by molar-refractivity contribution is 5.90. The van der Waals surface area contributed by atoms with Gasteiger partial charge in [-0.05, 0) is 35.2 Å². The second-order valence-electron chi connectivity index (χ2n) is 6.74. The van der Waals surface area contributed by atoms with Crippen molar-refractivity contribution in [3.63, 3.8) is 0 Å². The van der Waals surface area contributed by atoms with Gasteiger partial charge in [-0.25, -0.2) is 9.48 Å². The zero-order valence-electron chi connectivity index (χ0n) is 14.0. The second kappa shape index (κ2) is 5.96. The number of pyridine rings is 1. The highest BCUT2D eigenvalue weighted by Gasteiger charge is 2.14. The number of nitrogens with one attached hydrogen (secondary N) is 1. The van der Waals surface area contributed by atoms with Crippen LogP contribution in [0.5, 0.6) is 0 Å². The molecule has 0 aliphatic carbocycles. The summed E-state index contributed by atoms with van der Waals surface area (Å²) in [6.07, 6.45) is 1.63. The van der Waals surface area contributed by atoms with Crippen LogP contribution in [0.4, 0.5) is 5.69 Å². The Hall–Kier alpha value is -2.89. The Morgan fingerprint density at radius 1 is 1.12 bits per heavy atom. The molecule has 0 fully saturated rings. The Kier molecular flexibility index (Phi) is 3.97. The van der Waals surface area contributed by atoms with Gasteiger partial charge in [-0.2, -0.15) is 0 Å². The first-order chi connectivity index (χ1) is 11.3. The fourth-order valence-corrected chi connectivity index (χ4v) is 2.46. The van der Waals surface area contributed by atoms with Crippen LogP contribution in [0.3, 0.4) is 0 Å². The molecule has 2 heterocycles. The summed E-state index contributed by atoms with van der Waals surface area (Å²) < 4.78 is 2.57. The van der Waals surface area contributed by atoms with Gasteiger partial charge in [0.25, 0.3) is 0 Å². The van der Waals surface area contributed by atoms with Gasteiger partial charge in [-0.15, -0.1) is 5.10 Å². The largest absolute Gasteiger partial charge is 0.350 e. The summed E-state index contributed by atoms with van der Waals surface area (Å²) in [7, 11) is 0. The molecule has 24 heavy (non-hydrogen) atoms. The van der Waals surface area contributed by atoms with Gasteiger partial charge in [0.2, 0.25) is 5.91 Å². The van der Waals surface area contributed by atoms with Crippen LogP contribution >= 0.6 is 0 Å². The number of hydrogen-bond donors (Lipinski definition) is 1. The van der Waals surface area contributed by atoms with Crippen molar-refractivity contribution in [3.05, 3.63) is 64.7 Å². The second-order valence-corrected chi connectivity index (χ2v) is 6.74. The van der Waals surface area contributed by atoms with E-state index in [1.807, 2.05) is 24.3 Å². The minimum absolute atomic E-state index is 0.0619. The SMILES string of the molecule is CC(C)(C)c1ccc(NC(=O)Cn2nc3ccccn3c2=O)cc1. The highest BCUT2D eigenvalue weighted by atomic mass is 16.2. The maximum absolute atomic E-state index is 12.2. The standard InChI is InChI=1S/C18H20N4O2/c1-18(2,3)13-7-9-14(10-8-13)19-16(23)12-22-17(24)21-11-5-4-6-15(21)20-22/h4-11H,12H2,1-3H3,(H,19,23). The number of benzene rings is 1. The van der Waals surface area contributed by atoms with Gasteiger partial charge in [0.1, 0.15) is 6.54 Å². The Morgan fingerprint density at radius 3 is 2.46 bits per heavy atom. The van der Waals surface area contributed by atoms with E-state index in [0.29, 0.717) is 11.3 Å². The molecule has 1 aromatic carbocycles. The summed E-state index contributed by atoms with van der Waals surface area (Å²) in [5.74, 6) is -0.288. The van der Waals surface area contributed by atoms with E-state index in [1.165, 1.54) is 9.96 Å². The summed E-state index contributed by atoms with van der Waals surface area (Å²) in [6, 6.07) is 13.0. The summed E-state index contributed by atoms with van der Waals surface area (Å²) in [5, 5.41) is 6.94. The molecule has 0 saturated carbocycles. The molecule has 0 spiro atoms. The molecule has 3 aromatic rings. The lowest BCUT2D eigenvalue weighted by molar-refractivity contribution is -0.117. The lowest BCUT2D eigenvalue weighted by Gasteiger charge is -2.19. The maximum atomic E-state index is 12.2. The van der Waals surface area contributed by atoms with E-state index in [2.05, 4.69) is 31.2 Å². The van der Waals surface area contributed by atoms with Crippen LogP contribution < -0.4 is 11.0 Å². The quantitative estimate of drug-likeness (QED) is 0.804. The number of carbonyl (C=O) groups excluding carboxylic acids is 1. The molecule has 0 bridgehead atoms. The predicted octanol–water partition coefficient (Wildman–Crippen LogP) is 2.43. The molecule has 6 heteroatoms. The Labute approximate surface area is 139 Å². The highest BCUT2D eigenvalue weighted by Crippen LogP contribution is 2.23. The molecule has 0 saturated heterocycles. The van der Waals surface area contributed by atoms with Crippen molar-refractivity contribution >= 4 is 17.2 Å². The third kappa shape index (κ3) is 3.22. The average Bonchev–Trinajstić information content (AvgIpc) is 2.83. The minimum Gasteiger partial charge on any atom is -0.324 e. The Balaban J connectivity index is 1.73. The zero-order chi connectivity index (χ0) is 17.3. The van der Waals surface area contributed by atoms with Gasteiger partial charge in [-0.1, -0.05) is 39.0 Å². The summed E-state index contributed by atoms with van der Waals surface area (Å²) in [5.41, 5.74) is 2.14. The lowest BCUT2D eigenvalue weighted by atomic mass is 9.87. The molecule has 1 N–H and O–H groups in total. The zero-order valence-corrected chi connectivity index (χ0v) is 14.0. The molecular weight excluding hydrogens is 304 g/mol. The van der Waals surface area contributed by atoms with Crippen LogP contribution in [-0.2, 0) is 16.8 Å². The van der Waals surface area contributed by atoms with Crippen molar-refractivity contribution in [3.8, 4) is 0 Å². The molecule has 2 aromatic heterocycles. The van der Waals surface area contributed by atoms with Crippen molar-refractivity contribution in [1.29, 1.82) is 0 Å². The summed E-state index contributed by atoms with van der Waals surface area (Å²) >= 11 is 0. The first-order valence-corrected chi connectivity index (χ1v) is 7.79. The number of anilines is 1. The number of hydrogen-bond acceptors (Lipinski definition) is 3. The van der Waals surface area contributed by atoms with E-state index in [1.54, 1.807) is 24.4 Å². The monoisotopic (exact) mass is 324 g/mol. The molecule has 124 valence electrons. The fourth-order valence-electron chi connectivity index (χ4n) is 2.46. The molecule has 1 amide bonds. The predicted molar refractivity (Wildman–Crippen MR) is 93.2 cm³/mol. The van der Waals surface area contributed by atoms with Gasteiger partial charge in [0.15, 0.2) is 5.65 Å². The molecular formula is C18H20N4O2. The normalized spacial score (nSPS) is 11.6. The number of aromatic nitrogens is 3. The van der Waals surface area contributed by atoms with Crippen molar-refractivity contribution in [1.82, 2.24) is 14.2 Å². The number of fused-ring (bicyclic) bond motifs is 1. The van der Waals surface area contributed by atoms with E-state index < -0.39 is 0 Å². The van der Waals surface area contributed by atoms with E-state index in [-0.39, 0.29) is 23.6 Å². The van der Waals surface area contributed by atoms with E-state index in [0.717, 1.165) is 4.68 Å². The van der Waals surface area contributed by atoms with E-state index >= 15 is 0 Å². The summed E-state index contributed by atoms with van der Waals surface area (Å²) in [4.78, 5) is 24.3. The number of nitrogens with zero attached hydrogens (tertiary/aromatic N) is 3. The molecule has 0 radical (unpaired) electrons. The van der Waals surface area contributed by atoms with Crippen LogP contribution in [0.2, 0.25) is 0 Å². The maximum Gasteiger partial charge on any atom is 0.350 e. The van der Waals surface area contributed by atoms with Gasteiger partial charge >= 0.3 is 5.69 Å². The molecule has 0 unspecified atom stereocenters. The van der Waals surface area contributed by atoms with Gasteiger partial charge in [0, 0.05) is 11.9 Å². The molecule has 0 aliphatic rings. The van der Waals surface area contributed by atoms with Gasteiger partial charge < -0.3 is 5.32 Å². The molecule has 3 rings (SSSR count). The lowest BCUT2D eigenvalue weighted by Crippen LogP contribution is -2.28. The third-order valence-electron chi connectivity index (χ3n) is 3.82. The number of amides is 1. The van der Waals surface area contributed by atoms with Crippen molar-refractivity contribution in [2.24, 2.45) is 0 Å². The first kappa shape index (κ1) is 16.0. The van der Waals surface area contributed by atoms with Gasteiger partial charge in [0.05, 0.1) is 0 Å². The molecule has 0 atom stereocenters. The molecule has 0 aliphatic heterocycles. The fraction of sp³-hybridized carbons (Fsp3) is 0.278. The smallest absolute Gasteiger partial charge is 0.324 e. The van der Waals surface area contributed by atoms with Crippen LogP contribution in [-0.4, -0.2) is 20.1 Å². The van der Waals surface area contributed by atoms with Crippen LogP contribution in [0, 0.1) is 0 Å². The van der Waals surface area contributed by atoms with Crippen LogP contribution in [0.15, 0.2) is 53.5 Å².